The number of hydrogen-bond donors (Lipinski definition) is 4. The van der Waals surface area contributed by atoms with E-state index in [4.69, 9.17) is 10.8 Å². The summed E-state index contributed by atoms with van der Waals surface area (Å²) in [4.78, 5) is 33.9. The molecule has 0 bridgehead atoms. The van der Waals surface area contributed by atoms with Crippen LogP contribution in [0.3, 0.4) is 0 Å². The van der Waals surface area contributed by atoms with Gasteiger partial charge >= 0.3 is 5.97 Å². The van der Waals surface area contributed by atoms with Crippen molar-refractivity contribution < 1.29 is 19.5 Å². The van der Waals surface area contributed by atoms with Crippen molar-refractivity contribution in [3.63, 3.8) is 0 Å². The average Bonchev–Trinajstić information content (AvgIpc) is 2.81. The van der Waals surface area contributed by atoms with Crippen LogP contribution in [0.5, 0.6) is 0 Å². The predicted octanol–water partition coefficient (Wildman–Crippen LogP) is -0.359. The predicted molar refractivity (Wildman–Crippen MR) is 71.1 cm³/mol. The summed E-state index contributed by atoms with van der Waals surface area (Å²) in [7, 11) is 0. The van der Waals surface area contributed by atoms with Crippen LogP contribution in [0.15, 0.2) is 24.3 Å². The minimum atomic E-state index is -1.30. The van der Waals surface area contributed by atoms with Gasteiger partial charge in [-0.3, -0.25) is 9.59 Å². The smallest absolute Gasteiger partial charge is 0.326 e. The zero-order valence-electron chi connectivity index (χ0n) is 10.6. The number of carboxylic acids is 1. The number of rotatable bonds is 5. The van der Waals surface area contributed by atoms with E-state index in [9.17, 15) is 14.4 Å². The number of para-hydroxylation sites is 1. The molecule has 0 aromatic heterocycles. The summed E-state index contributed by atoms with van der Waals surface area (Å²) in [6, 6.07) is 6.01. The molecular weight excluding hydrogens is 262 g/mol. The van der Waals surface area contributed by atoms with Crippen LogP contribution in [0.4, 0.5) is 5.69 Å². The van der Waals surface area contributed by atoms with E-state index in [0.717, 1.165) is 11.3 Å². The summed E-state index contributed by atoms with van der Waals surface area (Å²) in [5.74, 6) is -2.96. The van der Waals surface area contributed by atoms with E-state index in [1.54, 1.807) is 0 Å². The summed E-state index contributed by atoms with van der Waals surface area (Å²) in [5.41, 5.74) is 6.64. The van der Waals surface area contributed by atoms with Gasteiger partial charge in [-0.05, 0) is 11.6 Å². The van der Waals surface area contributed by atoms with E-state index in [2.05, 4.69) is 10.6 Å². The molecule has 1 aromatic carbocycles. The summed E-state index contributed by atoms with van der Waals surface area (Å²) >= 11 is 0. The molecule has 1 aliphatic heterocycles. The van der Waals surface area contributed by atoms with Crippen molar-refractivity contribution in [2.24, 2.45) is 5.73 Å². The lowest BCUT2D eigenvalue weighted by atomic mass is 10.00. The first kappa shape index (κ1) is 13.9. The first-order chi connectivity index (χ1) is 9.49. The van der Waals surface area contributed by atoms with Gasteiger partial charge in [-0.1, -0.05) is 18.2 Å². The van der Waals surface area contributed by atoms with Crippen LogP contribution in [0, 0.1) is 0 Å². The third-order valence-corrected chi connectivity index (χ3v) is 3.17. The van der Waals surface area contributed by atoms with Gasteiger partial charge < -0.3 is 21.5 Å². The van der Waals surface area contributed by atoms with Gasteiger partial charge in [-0.25, -0.2) is 4.79 Å². The minimum Gasteiger partial charge on any atom is -0.480 e. The fourth-order valence-corrected chi connectivity index (χ4v) is 2.19. The van der Waals surface area contributed by atoms with E-state index in [1.165, 1.54) is 0 Å². The van der Waals surface area contributed by atoms with E-state index in [1.807, 2.05) is 24.3 Å². The Morgan fingerprint density at radius 2 is 2.10 bits per heavy atom. The molecule has 2 amide bonds. The number of benzene rings is 1. The number of fused-ring (bicyclic) bond motifs is 1. The zero-order valence-corrected chi connectivity index (χ0v) is 10.6. The number of amides is 2. The van der Waals surface area contributed by atoms with Gasteiger partial charge in [0.05, 0.1) is 12.3 Å². The van der Waals surface area contributed by atoms with Crippen LogP contribution in [-0.4, -0.2) is 35.5 Å². The molecule has 0 saturated heterocycles. The molecule has 7 heteroatoms. The Balaban J connectivity index is 2.09. The lowest BCUT2D eigenvalue weighted by molar-refractivity contribution is -0.143. The number of hydrogen-bond acceptors (Lipinski definition) is 4. The fourth-order valence-electron chi connectivity index (χ4n) is 2.19. The number of anilines is 1. The Hall–Kier alpha value is -2.57. The summed E-state index contributed by atoms with van der Waals surface area (Å²) in [6.45, 7) is 0.397. The van der Waals surface area contributed by atoms with Gasteiger partial charge in [-0.2, -0.15) is 0 Å². The Bertz CT molecular complexity index is 558. The second-order valence-electron chi connectivity index (χ2n) is 4.59. The molecule has 7 nitrogen and oxygen atoms in total. The Labute approximate surface area is 115 Å². The Morgan fingerprint density at radius 1 is 1.40 bits per heavy atom. The minimum absolute atomic E-state index is 0.397. The molecule has 2 rings (SSSR count). The van der Waals surface area contributed by atoms with Gasteiger partial charge in [0.25, 0.3) is 0 Å². The topological polar surface area (TPSA) is 122 Å². The molecule has 0 saturated carbocycles. The first-order valence-corrected chi connectivity index (χ1v) is 6.13. The van der Waals surface area contributed by atoms with E-state index < -0.39 is 36.2 Å². The van der Waals surface area contributed by atoms with Crippen molar-refractivity contribution in [1.82, 2.24) is 5.32 Å². The Morgan fingerprint density at radius 3 is 2.75 bits per heavy atom. The van der Waals surface area contributed by atoms with E-state index >= 15 is 0 Å². The maximum absolute atomic E-state index is 12.1. The van der Waals surface area contributed by atoms with Gasteiger partial charge in [-0.15, -0.1) is 0 Å². The zero-order chi connectivity index (χ0) is 14.7. The maximum atomic E-state index is 12.1. The van der Waals surface area contributed by atoms with Crippen LogP contribution in [0.1, 0.15) is 17.9 Å². The summed E-state index contributed by atoms with van der Waals surface area (Å²) in [5, 5.41) is 14.4. The second kappa shape index (κ2) is 5.60. The molecular formula is C13H15N3O4. The van der Waals surface area contributed by atoms with Gasteiger partial charge in [0.2, 0.25) is 11.8 Å². The largest absolute Gasteiger partial charge is 0.480 e. The fraction of sp³-hybridized carbons (Fsp3) is 0.308. The average molecular weight is 277 g/mol. The molecule has 106 valence electrons. The monoisotopic (exact) mass is 277 g/mol. The van der Waals surface area contributed by atoms with Crippen molar-refractivity contribution in [2.45, 2.75) is 18.4 Å². The number of carboxylic acid groups (broad SMARTS) is 1. The number of primary amides is 1. The van der Waals surface area contributed by atoms with Gasteiger partial charge in [0.1, 0.15) is 6.04 Å². The highest BCUT2D eigenvalue weighted by Crippen LogP contribution is 2.31. The molecule has 2 atom stereocenters. The van der Waals surface area contributed by atoms with Crippen molar-refractivity contribution >= 4 is 23.5 Å². The van der Waals surface area contributed by atoms with Crippen molar-refractivity contribution in [3.05, 3.63) is 29.8 Å². The van der Waals surface area contributed by atoms with Gasteiger partial charge in [0, 0.05) is 12.2 Å². The maximum Gasteiger partial charge on any atom is 0.326 e. The quantitative estimate of drug-likeness (QED) is 0.585. The molecule has 0 radical (unpaired) electrons. The molecule has 0 spiro atoms. The lowest BCUT2D eigenvalue weighted by Crippen LogP contribution is -2.45. The van der Waals surface area contributed by atoms with Crippen molar-refractivity contribution in [2.75, 3.05) is 11.9 Å². The van der Waals surface area contributed by atoms with Crippen LogP contribution < -0.4 is 16.4 Å². The highest BCUT2D eigenvalue weighted by Gasteiger charge is 2.31. The van der Waals surface area contributed by atoms with Crippen molar-refractivity contribution in [3.8, 4) is 0 Å². The molecule has 0 fully saturated rings. The van der Waals surface area contributed by atoms with Crippen LogP contribution >= 0.6 is 0 Å². The molecule has 1 aliphatic rings. The highest BCUT2D eigenvalue weighted by molar-refractivity contribution is 5.92. The molecule has 0 aliphatic carbocycles. The molecule has 1 aromatic rings. The molecule has 1 heterocycles. The van der Waals surface area contributed by atoms with Crippen LogP contribution in [0.2, 0.25) is 0 Å². The van der Waals surface area contributed by atoms with Gasteiger partial charge in [0.15, 0.2) is 0 Å². The normalized spacial score (nSPS) is 17.7. The van der Waals surface area contributed by atoms with E-state index in [0.29, 0.717) is 6.54 Å². The SMILES string of the molecule is NC(=O)C[C@H](NC(=O)C1CNc2ccccc21)C(=O)O. The third-order valence-electron chi connectivity index (χ3n) is 3.17. The van der Waals surface area contributed by atoms with E-state index in [-0.39, 0.29) is 0 Å². The number of aliphatic carboxylic acids is 1. The summed E-state index contributed by atoms with van der Waals surface area (Å²) < 4.78 is 0. The number of carbonyl (C=O) groups excluding carboxylic acids is 2. The van der Waals surface area contributed by atoms with Crippen LogP contribution in [-0.2, 0) is 14.4 Å². The van der Waals surface area contributed by atoms with Crippen LogP contribution in [0.25, 0.3) is 0 Å². The Kier molecular flexibility index (Phi) is 3.88. The standard InChI is InChI=1S/C13H15N3O4/c14-11(17)5-10(13(19)20)16-12(18)8-6-15-9-4-2-1-3-7(8)9/h1-4,8,10,15H,5-6H2,(H2,14,17)(H,16,18)(H,19,20)/t8?,10-/m0/s1. The number of nitrogens with one attached hydrogen (secondary N) is 2. The molecule has 5 N–H and O–H groups in total. The number of carbonyl (C=O) groups is 3. The highest BCUT2D eigenvalue weighted by atomic mass is 16.4. The third kappa shape index (κ3) is 2.87. The number of nitrogens with two attached hydrogens (primary N) is 1. The lowest BCUT2D eigenvalue weighted by Gasteiger charge is -2.16. The molecule has 1 unspecified atom stereocenters. The first-order valence-electron chi connectivity index (χ1n) is 6.13. The van der Waals surface area contributed by atoms with Crippen molar-refractivity contribution in [1.29, 1.82) is 0 Å². The molecule has 20 heavy (non-hydrogen) atoms. The summed E-state index contributed by atoms with van der Waals surface area (Å²) in [6.07, 6.45) is -0.428. The second-order valence-corrected chi connectivity index (χ2v) is 4.59.